The lowest BCUT2D eigenvalue weighted by Gasteiger charge is -2.20. The summed E-state index contributed by atoms with van der Waals surface area (Å²) in [6, 6.07) is 14.1. The molecule has 1 atom stereocenters. The molecular formula is C24H27N3O3S. The number of thiazole rings is 1. The molecule has 1 aromatic heterocycles. The lowest BCUT2D eigenvalue weighted by Crippen LogP contribution is -2.25. The quantitative estimate of drug-likeness (QED) is 0.528. The zero-order chi connectivity index (χ0) is 21.8. The van der Waals surface area contributed by atoms with E-state index in [4.69, 9.17) is 14.5 Å². The zero-order valence-corrected chi connectivity index (χ0v) is 18.9. The van der Waals surface area contributed by atoms with E-state index >= 15 is 0 Å². The van der Waals surface area contributed by atoms with Crippen molar-refractivity contribution in [2.75, 3.05) is 18.5 Å². The lowest BCUT2D eigenvalue weighted by molar-refractivity contribution is -0.118. The molecule has 1 N–H and O–H groups in total. The minimum absolute atomic E-state index is 0.0590. The SMILES string of the molecule is CCCC(C)n1c(-c2ccc3c(c2)NC(=O)CO3)csc1=Nc1ccc(OCC)cc1. The van der Waals surface area contributed by atoms with Crippen LogP contribution in [0.3, 0.4) is 0 Å². The first kappa shape index (κ1) is 21.2. The van der Waals surface area contributed by atoms with Crippen LogP contribution in [0.1, 0.15) is 39.7 Å². The summed E-state index contributed by atoms with van der Waals surface area (Å²) in [5.41, 5.74) is 3.70. The van der Waals surface area contributed by atoms with E-state index in [0.29, 0.717) is 18.0 Å². The zero-order valence-electron chi connectivity index (χ0n) is 18.1. The number of nitrogens with zero attached hydrogens (tertiary/aromatic N) is 2. The maximum Gasteiger partial charge on any atom is 0.262 e. The van der Waals surface area contributed by atoms with Gasteiger partial charge in [0.25, 0.3) is 5.91 Å². The van der Waals surface area contributed by atoms with Gasteiger partial charge >= 0.3 is 0 Å². The van der Waals surface area contributed by atoms with Crippen molar-refractivity contribution in [3.8, 4) is 22.8 Å². The first-order valence-electron chi connectivity index (χ1n) is 10.6. The fourth-order valence-electron chi connectivity index (χ4n) is 3.72. The molecule has 162 valence electrons. The number of benzene rings is 2. The summed E-state index contributed by atoms with van der Waals surface area (Å²) in [6.45, 7) is 7.09. The predicted octanol–water partition coefficient (Wildman–Crippen LogP) is 5.54. The van der Waals surface area contributed by atoms with Gasteiger partial charge in [-0.1, -0.05) is 13.3 Å². The maximum absolute atomic E-state index is 11.7. The van der Waals surface area contributed by atoms with E-state index in [0.717, 1.165) is 40.3 Å². The number of carbonyl (C=O) groups is 1. The highest BCUT2D eigenvalue weighted by Crippen LogP contribution is 2.34. The van der Waals surface area contributed by atoms with Crippen LogP contribution in [0.15, 0.2) is 52.8 Å². The Labute approximate surface area is 186 Å². The number of nitrogens with one attached hydrogen (secondary N) is 1. The van der Waals surface area contributed by atoms with Gasteiger partial charge in [-0.3, -0.25) is 4.79 Å². The van der Waals surface area contributed by atoms with Crippen molar-refractivity contribution >= 4 is 28.6 Å². The molecule has 0 saturated heterocycles. The van der Waals surface area contributed by atoms with E-state index in [-0.39, 0.29) is 18.6 Å². The van der Waals surface area contributed by atoms with Crippen LogP contribution in [0.25, 0.3) is 11.3 Å². The maximum atomic E-state index is 11.7. The molecule has 0 fully saturated rings. The van der Waals surface area contributed by atoms with Gasteiger partial charge in [-0.2, -0.15) is 0 Å². The van der Waals surface area contributed by atoms with Gasteiger partial charge in [0, 0.05) is 17.0 Å². The molecule has 4 rings (SSSR count). The first-order chi connectivity index (χ1) is 15.1. The number of fused-ring (bicyclic) bond motifs is 1. The van der Waals surface area contributed by atoms with Crippen molar-refractivity contribution in [3.05, 3.63) is 52.6 Å². The van der Waals surface area contributed by atoms with Crippen LogP contribution >= 0.6 is 11.3 Å². The molecule has 0 bridgehead atoms. The highest BCUT2D eigenvalue weighted by molar-refractivity contribution is 7.07. The van der Waals surface area contributed by atoms with Crippen LogP contribution in [0, 0.1) is 0 Å². The molecule has 0 aliphatic carbocycles. The number of aromatic nitrogens is 1. The largest absolute Gasteiger partial charge is 0.494 e. The van der Waals surface area contributed by atoms with Gasteiger partial charge in [0.05, 0.1) is 23.7 Å². The smallest absolute Gasteiger partial charge is 0.262 e. The Hall–Kier alpha value is -3.06. The molecule has 3 aromatic rings. The van der Waals surface area contributed by atoms with Crippen molar-refractivity contribution < 1.29 is 14.3 Å². The Morgan fingerprint density at radius 2 is 2.03 bits per heavy atom. The average Bonchev–Trinajstić information content (AvgIpc) is 3.18. The van der Waals surface area contributed by atoms with E-state index in [1.54, 1.807) is 11.3 Å². The first-order valence-corrected chi connectivity index (χ1v) is 11.5. The number of ether oxygens (including phenoxy) is 2. The normalized spacial score (nSPS) is 14.5. The topological polar surface area (TPSA) is 64.9 Å². The van der Waals surface area contributed by atoms with Crippen LogP contribution < -0.4 is 19.6 Å². The lowest BCUT2D eigenvalue weighted by atomic mass is 10.1. The second-order valence-corrected chi connectivity index (χ2v) is 8.33. The number of carbonyl (C=O) groups excluding carboxylic acids is 1. The third-order valence-electron chi connectivity index (χ3n) is 5.17. The van der Waals surface area contributed by atoms with E-state index in [1.807, 2.05) is 49.4 Å². The third-order valence-corrected chi connectivity index (χ3v) is 6.01. The number of rotatable bonds is 7. The van der Waals surface area contributed by atoms with Crippen molar-refractivity contribution in [2.45, 2.75) is 39.7 Å². The van der Waals surface area contributed by atoms with Crippen LogP contribution in [0.5, 0.6) is 11.5 Å². The fraction of sp³-hybridized carbons (Fsp3) is 0.333. The number of hydrogen-bond donors (Lipinski definition) is 1. The summed E-state index contributed by atoms with van der Waals surface area (Å²) in [4.78, 5) is 17.6. The van der Waals surface area contributed by atoms with E-state index in [9.17, 15) is 4.79 Å². The Kier molecular flexibility index (Phi) is 6.42. The molecule has 1 aliphatic heterocycles. The number of hydrogen-bond acceptors (Lipinski definition) is 5. The van der Waals surface area contributed by atoms with E-state index < -0.39 is 0 Å². The predicted molar refractivity (Wildman–Crippen MR) is 124 cm³/mol. The minimum atomic E-state index is -0.131. The third kappa shape index (κ3) is 4.66. The molecule has 2 heterocycles. The summed E-state index contributed by atoms with van der Waals surface area (Å²) in [6.07, 6.45) is 2.13. The highest BCUT2D eigenvalue weighted by atomic mass is 32.1. The Morgan fingerprint density at radius 1 is 1.23 bits per heavy atom. The van der Waals surface area contributed by atoms with Gasteiger partial charge in [-0.15, -0.1) is 11.3 Å². The molecule has 0 spiro atoms. The Bertz CT molecular complexity index is 1130. The average molecular weight is 438 g/mol. The molecule has 2 aromatic carbocycles. The summed E-state index contributed by atoms with van der Waals surface area (Å²) in [7, 11) is 0. The Balaban J connectivity index is 1.76. The fourth-order valence-corrected chi connectivity index (χ4v) is 4.74. The molecule has 0 saturated carbocycles. The molecular weight excluding hydrogens is 410 g/mol. The van der Waals surface area contributed by atoms with Crippen molar-refractivity contribution in [3.63, 3.8) is 0 Å². The van der Waals surface area contributed by atoms with Crippen molar-refractivity contribution in [1.29, 1.82) is 0 Å². The molecule has 1 aliphatic rings. The monoisotopic (exact) mass is 437 g/mol. The standard InChI is InChI=1S/C24H27N3O3S/c1-4-6-16(3)27-21(17-7-12-22-20(13-17)26-23(28)14-30-22)15-31-24(27)25-18-8-10-19(11-9-18)29-5-2/h7-13,15-16H,4-6,14H2,1-3H3,(H,26,28). The molecule has 6 nitrogen and oxygen atoms in total. The van der Waals surface area contributed by atoms with E-state index in [2.05, 4.69) is 29.1 Å². The van der Waals surface area contributed by atoms with Gasteiger partial charge in [-0.05, 0) is 62.7 Å². The number of amides is 1. The van der Waals surface area contributed by atoms with Crippen LogP contribution in [-0.4, -0.2) is 23.7 Å². The van der Waals surface area contributed by atoms with Crippen LogP contribution in [-0.2, 0) is 4.79 Å². The summed E-state index contributed by atoms with van der Waals surface area (Å²) in [5, 5.41) is 5.03. The molecule has 31 heavy (non-hydrogen) atoms. The van der Waals surface area contributed by atoms with Crippen LogP contribution in [0.2, 0.25) is 0 Å². The summed E-state index contributed by atoms with van der Waals surface area (Å²) in [5.74, 6) is 1.42. The number of anilines is 1. The van der Waals surface area contributed by atoms with E-state index in [1.165, 1.54) is 0 Å². The van der Waals surface area contributed by atoms with Gasteiger partial charge in [-0.25, -0.2) is 4.99 Å². The summed E-state index contributed by atoms with van der Waals surface area (Å²) < 4.78 is 13.3. The molecule has 1 unspecified atom stereocenters. The molecule has 7 heteroatoms. The minimum Gasteiger partial charge on any atom is -0.494 e. The van der Waals surface area contributed by atoms with Crippen LogP contribution in [0.4, 0.5) is 11.4 Å². The Morgan fingerprint density at radius 3 is 2.77 bits per heavy atom. The van der Waals surface area contributed by atoms with Crippen molar-refractivity contribution in [1.82, 2.24) is 4.57 Å². The van der Waals surface area contributed by atoms with Gasteiger partial charge in [0.2, 0.25) is 0 Å². The molecule has 1 amide bonds. The van der Waals surface area contributed by atoms with Gasteiger partial charge in [0.15, 0.2) is 11.4 Å². The second-order valence-electron chi connectivity index (χ2n) is 7.50. The molecule has 0 radical (unpaired) electrons. The highest BCUT2D eigenvalue weighted by Gasteiger charge is 2.19. The second kappa shape index (κ2) is 9.39. The summed E-state index contributed by atoms with van der Waals surface area (Å²) >= 11 is 1.62. The van der Waals surface area contributed by atoms with Crippen molar-refractivity contribution in [2.24, 2.45) is 4.99 Å². The van der Waals surface area contributed by atoms with Gasteiger partial charge in [0.1, 0.15) is 11.5 Å². The van der Waals surface area contributed by atoms with Gasteiger partial charge < -0.3 is 19.4 Å².